The van der Waals surface area contributed by atoms with Gasteiger partial charge in [-0.25, -0.2) is 9.78 Å². The lowest BCUT2D eigenvalue weighted by atomic mass is 10.0. The Hall–Kier alpha value is -1.89. The van der Waals surface area contributed by atoms with Gasteiger partial charge in [-0.1, -0.05) is 0 Å². The van der Waals surface area contributed by atoms with Crippen LogP contribution in [-0.4, -0.2) is 43.9 Å². The number of aliphatic carboxylic acids is 1. The number of carboxylic acid groups (broad SMARTS) is 1. The number of carboxylic acids is 1. The van der Waals surface area contributed by atoms with E-state index in [4.69, 9.17) is 0 Å². The van der Waals surface area contributed by atoms with Gasteiger partial charge in [0.25, 0.3) is 0 Å². The molecule has 1 aliphatic rings. The van der Waals surface area contributed by atoms with Crippen molar-refractivity contribution in [2.45, 2.75) is 31.7 Å². The van der Waals surface area contributed by atoms with E-state index in [0.29, 0.717) is 13.0 Å². The number of aromatic nitrogens is 2. The zero-order valence-electron chi connectivity index (χ0n) is 10.9. The highest BCUT2D eigenvalue weighted by atomic mass is 32.1. The maximum absolute atomic E-state index is 12.4. The maximum atomic E-state index is 12.4. The van der Waals surface area contributed by atoms with Gasteiger partial charge in [0, 0.05) is 30.0 Å². The fourth-order valence-electron chi connectivity index (χ4n) is 2.64. The van der Waals surface area contributed by atoms with Crippen LogP contribution >= 0.6 is 11.3 Å². The third-order valence-electron chi connectivity index (χ3n) is 3.66. The minimum Gasteiger partial charge on any atom is -0.480 e. The number of thiazole rings is 1. The van der Waals surface area contributed by atoms with Gasteiger partial charge >= 0.3 is 5.97 Å². The van der Waals surface area contributed by atoms with Crippen LogP contribution in [0.2, 0.25) is 0 Å². The molecular weight excluding hydrogens is 278 g/mol. The zero-order valence-corrected chi connectivity index (χ0v) is 11.7. The summed E-state index contributed by atoms with van der Waals surface area (Å²) >= 11 is 1.48. The first kappa shape index (κ1) is 13.1. The Morgan fingerprint density at radius 3 is 3.10 bits per heavy atom. The second-order valence-corrected chi connectivity index (χ2v) is 5.76. The minimum atomic E-state index is -0.906. The average molecular weight is 293 g/mol. The van der Waals surface area contributed by atoms with Gasteiger partial charge in [-0.15, -0.1) is 11.3 Å². The Morgan fingerprint density at radius 2 is 2.30 bits per heavy atom. The molecule has 0 aliphatic carbocycles. The van der Waals surface area contributed by atoms with Gasteiger partial charge in [-0.2, -0.15) is 0 Å². The van der Waals surface area contributed by atoms with Crippen LogP contribution in [0.1, 0.15) is 25.0 Å². The molecule has 0 spiro atoms. The molecular formula is C13H15N3O3S. The molecule has 2 aromatic heterocycles. The molecule has 1 N–H and O–H groups in total. The first-order chi connectivity index (χ1) is 9.66. The van der Waals surface area contributed by atoms with Gasteiger partial charge in [0.15, 0.2) is 4.96 Å². The Labute approximate surface area is 119 Å². The molecule has 3 heterocycles. The average Bonchev–Trinajstić information content (AvgIpc) is 3.03. The van der Waals surface area contributed by atoms with Gasteiger partial charge in [0.2, 0.25) is 5.91 Å². The van der Waals surface area contributed by atoms with Gasteiger partial charge in [0.1, 0.15) is 6.04 Å². The van der Waals surface area contributed by atoms with E-state index < -0.39 is 12.0 Å². The summed E-state index contributed by atoms with van der Waals surface area (Å²) in [5.74, 6) is -1.03. The summed E-state index contributed by atoms with van der Waals surface area (Å²) in [5, 5.41) is 11.1. The molecule has 7 heteroatoms. The molecule has 6 nitrogen and oxygen atoms in total. The monoisotopic (exact) mass is 293 g/mol. The third kappa shape index (κ3) is 2.29. The van der Waals surface area contributed by atoms with Crippen LogP contribution in [0, 0.1) is 0 Å². The molecule has 0 saturated carbocycles. The Bertz CT molecular complexity index is 648. The number of amides is 1. The van der Waals surface area contributed by atoms with Crippen LogP contribution in [0.5, 0.6) is 0 Å². The fraction of sp³-hybridized carbons (Fsp3) is 0.462. The standard InChI is InChI=1S/C13H15N3O3S/c17-11(16-5-2-1-3-10(16)12(18)19)7-9-8-20-13-14-4-6-15(9)13/h4,6,8,10H,1-3,5,7H2,(H,18,19). The Morgan fingerprint density at radius 1 is 1.45 bits per heavy atom. The lowest BCUT2D eigenvalue weighted by molar-refractivity contribution is -0.151. The third-order valence-corrected chi connectivity index (χ3v) is 4.56. The number of hydrogen-bond acceptors (Lipinski definition) is 4. The number of fused-ring (bicyclic) bond motifs is 1. The van der Waals surface area contributed by atoms with E-state index in [1.54, 1.807) is 6.20 Å². The smallest absolute Gasteiger partial charge is 0.326 e. The fourth-order valence-corrected chi connectivity index (χ4v) is 3.49. The van der Waals surface area contributed by atoms with Crippen molar-refractivity contribution >= 4 is 28.2 Å². The van der Waals surface area contributed by atoms with Gasteiger partial charge in [-0.05, 0) is 19.3 Å². The quantitative estimate of drug-likeness (QED) is 0.928. The molecule has 2 aromatic rings. The summed E-state index contributed by atoms with van der Waals surface area (Å²) in [6, 6.07) is -0.673. The first-order valence-electron chi connectivity index (χ1n) is 6.58. The van der Waals surface area contributed by atoms with Crippen molar-refractivity contribution in [3.05, 3.63) is 23.5 Å². The number of carbonyl (C=O) groups is 2. The Balaban J connectivity index is 1.78. The van der Waals surface area contributed by atoms with Gasteiger partial charge < -0.3 is 10.0 Å². The lowest BCUT2D eigenvalue weighted by Gasteiger charge is -2.32. The molecule has 1 saturated heterocycles. The van der Waals surface area contributed by atoms with E-state index in [0.717, 1.165) is 23.5 Å². The highest BCUT2D eigenvalue weighted by Crippen LogP contribution is 2.20. The number of likely N-dealkylation sites (tertiary alicyclic amines) is 1. The molecule has 1 atom stereocenters. The summed E-state index contributed by atoms with van der Waals surface area (Å²) in [5.41, 5.74) is 0.863. The summed E-state index contributed by atoms with van der Waals surface area (Å²) < 4.78 is 1.88. The first-order valence-corrected chi connectivity index (χ1v) is 7.46. The van der Waals surface area contributed by atoms with Gasteiger partial charge in [0.05, 0.1) is 6.42 Å². The molecule has 0 radical (unpaired) electrons. The second-order valence-electron chi connectivity index (χ2n) is 4.92. The molecule has 106 valence electrons. The maximum Gasteiger partial charge on any atom is 0.326 e. The van der Waals surface area contributed by atoms with Crippen LogP contribution < -0.4 is 0 Å². The predicted octanol–water partition coefficient (Wildman–Crippen LogP) is 1.40. The molecule has 1 amide bonds. The van der Waals surface area contributed by atoms with Crippen LogP contribution in [-0.2, 0) is 16.0 Å². The number of hydrogen-bond donors (Lipinski definition) is 1. The number of carbonyl (C=O) groups excluding carboxylic acids is 1. The second kappa shape index (κ2) is 5.24. The molecule has 0 aromatic carbocycles. The largest absolute Gasteiger partial charge is 0.480 e. The van der Waals surface area contributed by atoms with Crippen LogP contribution in [0.15, 0.2) is 17.8 Å². The van der Waals surface area contributed by atoms with Crippen molar-refractivity contribution in [1.29, 1.82) is 0 Å². The number of piperidine rings is 1. The van der Waals surface area contributed by atoms with E-state index >= 15 is 0 Å². The summed E-state index contributed by atoms with van der Waals surface area (Å²) in [6.07, 6.45) is 6.02. The van der Waals surface area contributed by atoms with E-state index in [1.807, 2.05) is 16.0 Å². The van der Waals surface area contributed by atoms with E-state index in [1.165, 1.54) is 16.2 Å². The molecule has 1 aliphatic heterocycles. The van der Waals surface area contributed by atoms with Crippen molar-refractivity contribution < 1.29 is 14.7 Å². The highest BCUT2D eigenvalue weighted by molar-refractivity contribution is 7.15. The van der Waals surface area contributed by atoms with Crippen molar-refractivity contribution in [2.24, 2.45) is 0 Å². The van der Waals surface area contributed by atoms with Crippen molar-refractivity contribution in [1.82, 2.24) is 14.3 Å². The van der Waals surface area contributed by atoms with Crippen molar-refractivity contribution in [2.75, 3.05) is 6.54 Å². The van der Waals surface area contributed by atoms with E-state index in [9.17, 15) is 14.7 Å². The molecule has 20 heavy (non-hydrogen) atoms. The molecule has 1 unspecified atom stereocenters. The Kier molecular flexibility index (Phi) is 3.43. The van der Waals surface area contributed by atoms with Crippen LogP contribution in [0.3, 0.4) is 0 Å². The van der Waals surface area contributed by atoms with Crippen molar-refractivity contribution in [3.8, 4) is 0 Å². The normalized spacial score (nSPS) is 19.4. The summed E-state index contributed by atoms with van der Waals surface area (Å²) in [7, 11) is 0. The van der Waals surface area contributed by atoms with Crippen LogP contribution in [0.4, 0.5) is 0 Å². The van der Waals surface area contributed by atoms with Gasteiger partial charge in [-0.3, -0.25) is 9.20 Å². The molecule has 3 rings (SSSR count). The minimum absolute atomic E-state index is 0.120. The lowest BCUT2D eigenvalue weighted by Crippen LogP contribution is -2.48. The predicted molar refractivity (Wildman–Crippen MR) is 73.8 cm³/mol. The topological polar surface area (TPSA) is 74.9 Å². The van der Waals surface area contributed by atoms with E-state index in [2.05, 4.69) is 4.98 Å². The molecule has 0 bridgehead atoms. The van der Waals surface area contributed by atoms with Crippen molar-refractivity contribution in [3.63, 3.8) is 0 Å². The van der Waals surface area contributed by atoms with Crippen LogP contribution in [0.25, 0.3) is 4.96 Å². The zero-order chi connectivity index (χ0) is 14.1. The summed E-state index contributed by atoms with van der Waals surface area (Å²) in [4.78, 5) is 30.1. The highest BCUT2D eigenvalue weighted by Gasteiger charge is 2.32. The SMILES string of the molecule is O=C(O)C1CCCCN1C(=O)Cc1csc2nccn12. The van der Waals surface area contributed by atoms with E-state index in [-0.39, 0.29) is 12.3 Å². The number of imidazole rings is 1. The summed E-state index contributed by atoms with van der Waals surface area (Å²) in [6.45, 7) is 0.535. The number of nitrogens with zero attached hydrogens (tertiary/aromatic N) is 3. The molecule has 1 fully saturated rings. The number of rotatable bonds is 3.